The fourth-order valence-corrected chi connectivity index (χ4v) is 6.09. The van der Waals surface area contributed by atoms with Gasteiger partial charge in [-0.05, 0) is 67.5 Å². The number of carbonyl (C=O) groups is 1. The molecule has 2 atom stereocenters. The maximum absolute atomic E-state index is 13.8. The average Bonchev–Trinajstić information content (AvgIpc) is 2.94. The lowest BCUT2D eigenvalue weighted by Crippen LogP contribution is -2.51. The summed E-state index contributed by atoms with van der Waals surface area (Å²) in [5, 5.41) is 0. The van der Waals surface area contributed by atoms with Crippen LogP contribution in [0.15, 0.2) is 84.9 Å². The second-order valence-electron chi connectivity index (χ2n) is 9.88. The zero-order valence-corrected chi connectivity index (χ0v) is 20.7. The molecule has 2 aliphatic rings. The third kappa shape index (κ3) is 5.28. The normalized spacial score (nSPS) is 21.4. The van der Waals surface area contributed by atoms with E-state index in [2.05, 4.69) is 47.4 Å². The number of nitrogens with zero attached hydrogens (tertiary/aromatic N) is 2. The minimum atomic E-state index is 0.0494. The van der Waals surface area contributed by atoms with Gasteiger partial charge in [-0.2, -0.15) is 0 Å². The smallest absolute Gasteiger partial charge is 0.258 e. The summed E-state index contributed by atoms with van der Waals surface area (Å²) < 4.78 is 5.39. The molecule has 35 heavy (non-hydrogen) atoms. The first kappa shape index (κ1) is 23.6. The minimum Gasteiger partial charge on any atom is -0.497 e. The van der Waals surface area contributed by atoms with Gasteiger partial charge in [0, 0.05) is 36.4 Å². The Bertz CT molecular complexity index is 1090. The number of amides is 1. The van der Waals surface area contributed by atoms with E-state index in [4.69, 9.17) is 4.74 Å². The third-order valence-corrected chi connectivity index (χ3v) is 7.86. The lowest BCUT2D eigenvalue weighted by molar-refractivity contribution is 0.0895. The largest absolute Gasteiger partial charge is 0.497 e. The van der Waals surface area contributed by atoms with Crippen molar-refractivity contribution in [1.82, 2.24) is 4.90 Å². The molecule has 4 heteroatoms. The summed E-state index contributed by atoms with van der Waals surface area (Å²) in [6, 6.07) is 29.5. The molecule has 0 spiro atoms. The fourth-order valence-electron chi connectivity index (χ4n) is 6.09. The molecular weight excluding hydrogens is 432 g/mol. The number of para-hydroxylation sites is 1. The number of rotatable bonds is 6. The monoisotopic (exact) mass is 468 g/mol. The van der Waals surface area contributed by atoms with E-state index < -0.39 is 0 Å². The van der Waals surface area contributed by atoms with E-state index in [-0.39, 0.29) is 11.9 Å². The van der Waals surface area contributed by atoms with Crippen molar-refractivity contribution in [3.63, 3.8) is 0 Å². The predicted octanol–water partition coefficient (Wildman–Crippen LogP) is 6.53. The highest BCUT2D eigenvalue weighted by molar-refractivity contribution is 6.06. The van der Waals surface area contributed by atoms with Crippen LogP contribution in [0, 0.1) is 0 Å². The Morgan fingerprint density at radius 2 is 1.51 bits per heavy atom. The lowest BCUT2D eigenvalue weighted by atomic mass is 9.78. The van der Waals surface area contributed by atoms with Crippen LogP contribution in [0.4, 0.5) is 5.69 Å². The second kappa shape index (κ2) is 11.1. The van der Waals surface area contributed by atoms with Crippen LogP contribution >= 0.6 is 0 Å². The summed E-state index contributed by atoms with van der Waals surface area (Å²) in [6.45, 7) is 2.07. The van der Waals surface area contributed by atoms with E-state index >= 15 is 0 Å². The molecule has 1 saturated carbocycles. The van der Waals surface area contributed by atoms with Crippen LogP contribution in [-0.4, -0.2) is 43.1 Å². The number of methoxy groups -OCH3 is 1. The maximum atomic E-state index is 13.8. The quantitative estimate of drug-likeness (QED) is 0.412. The van der Waals surface area contributed by atoms with E-state index in [0.717, 1.165) is 31.6 Å². The Balaban J connectivity index is 1.34. The van der Waals surface area contributed by atoms with Crippen molar-refractivity contribution in [2.24, 2.45) is 0 Å². The van der Waals surface area contributed by atoms with Crippen molar-refractivity contribution in [2.75, 3.05) is 25.1 Å². The van der Waals surface area contributed by atoms with Gasteiger partial charge < -0.3 is 9.64 Å². The Labute approximate surface area is 209 Å². The molecule has 1 amide bonds. The molecule has 1 heterocycles. The number of hydrogen-bond donors (Lipinski definition) is 0. The summed E-state index contributed by atoms with van der Waals surface area (Å²) in [7, 11) is 1.64. The molecule has 1 saturated heterocycles. The molecule has 0 bridgehead atoms. The molecule has 3 aromatic carbocycles. The van der Waals surface area contributed by atoms with Crippen molar-refractivity contribution in [3.05, 3.63) is 96.1 Å². The van der Waals surface area contributed by atoms with Gasteiger partial charge in [-0.3, -0.25) is 9.69 Å². The first-order chi connectivity index (χ1) is 17.2. The SMILES string of the molecule is COc1cccc(C(=O)N(c2ccccc2)C2CCN(C3CCCCC3c3ccccc3)CC2)c1. The summed E-state index contributed by atoms with van der Waals surface area (Å²) in [4.78, 5) is 18.5. The van der Waals surface area contributed by atoms with E-state index in [1.165, 1.54) is 31.2 Å². The van der Waals surface area contributed by atoms with Gasteiger partial charge in [0.05, 0.1) is 7.11 Å². The molecule has 4 nitrogen and oxygen atoms in total. The third-order valence-electron chi connectivity index (χ3n) is 7.86. The van der Waals surface area contributed by atoms with Crippen molar-refractivity contribution in [2.45, 2.75) is 56.5 Å². The van der Waals surface area contributed by atoms with Crippen molar-refractivity contribution < 1.29 is 9.53 Å². The Morgan fingerprint density at radius 1 is 0.829 bits per heavy atom. The highest BCUT2D eigenvalue weighted by Gasteiger charge is 2.36. The zero-order chi connectivity index (χ0) is 24.0. The summed E-state index contributed by atoms with van der Waals surface area (Å²) in [6.07, 6.45) is 7.17. The van der Waals surface area contributed by atoms with Gasteiger partial charge in [0.15, 0.2) is 0 Å². The van der Waals surface area contributed by atoms with Crippen molar-refractivity contribution in [1.29, 1.82) is 0 Å². The van der Waals surface area contributed by atoms with Crippen LogP contribution in [0.5, 0.6) is 5.75 Å². The van der Waals surface area contributed by atoms with Gasteiger partial charge in [-0.25, -0.2) is 0 Å². The van der Waals surface area contributed by atoms with E-state index in [1.807, 2.05) is 47.4 Å². The Hall–Kier alpha value is -3.11. The summed E-state index contributed by atoms with van der Waals surface area (Å²) in [5.41, 5.74) is 3.13. The molecule has 0 N–H and O–H groups in total. The number of likely N-dealkylation sites (tertiary alicyclic amines) is 1. The molecule has 0 aromatic heterocycles. The van der Waals surface area contributed by atoms with Crippen molar-refractivity contribution in [3.8, 4) is 5.75 Å². The summed E-state index contributed by atoms with van der Waals surface area (Å²) >= 11 is 0. The first-order valence-electron chi connectivity index (χ1n) is 13.1. The predicted molar refractivity (Wildman–Crippen MR) is 142 cm³/mol. The van der Waals surface area contributed by atoms with E-state index in [1.54, 1.807) is 7.11 Å². The van der Waals surface area contributed by atoms with Crippen molar-refractivity contribution >= 4 is 11.6 Å². The van der Waals surface area contributed by atoms with Gasteiger partial charge in [0.1, 0.15) is 5.75 Å². The highest BCUT2D eigenvalue weighted by atomic mass is 16.5. The topological polar surface area (TPSA) is 32.8 Å². The molecule has 1 aliphatic carbocycles. The maximum Gasteiger partial charge on any atom is 0.258 e. The number of carbonyl (C=O) groups excluding carboxylic acids is 1. The molecule has 3 aromatic rings. The van der Waals surface area contributed by atoms with E-state index in [0.29, 0.717) is 23.3 Å². The number of ether oxygens (including phenoxy) is 1. The van der Waals surface area contributed by atoms with Gasteiger partial charge >= 0.3 is 0 Å². The number of benzene rings is 3. The molecule has 5 rings (SSSR count). The number of piperidine rings is 1. The van der Waals surface area contributed by atoms with Gasteiger partial charge in [-0.1, -0.05) is 67.4 Å². The van der Waals surface area contributed by atoms with Crippen LogP contribution in [-0.2, 0) is 0 Å². The summed E-state index contributed by atoms with van der Waals surface area (Å²) in [5.74, 6) is 1.38. The van der Waals surface area contributed by atoms with Crippen LogP contribution < -0.4 is 9.64 Å². The highest BCUT2D eigenvalue weighted by Crippen LogP contribution is 2.38. The first-order valence-corrected chi connectivity index (χ1v) is 13.1. The average molecular weight is 469 g/mol. The Kier molecular flexibility index (Phi) is 7.48. The number of anilines is 1. The molecule has 2 unspecified atom stereocenters. The molecular formula is C31H36N2O2. The number of hydrogen-bond acceptors (Lipinski definition) is 3. The van der Waals surface area contributed by atoms with Crippen LogP contribution in [0.3, 0.4) is 0 Å². The Morgan fingerprint density at radius 3 is 2.23 bits per heavy atom. The minimum absolute atomic E-state index is 0.0494. The zero-order valence-electron chi connectivity index (χ0n) is 20.7. The molecule has 2 fully saturated rings. The van der Waals surface area contributed by atoms with E-state index in [9.17, 15) is 4.79 Å². The van der Waals surface area contributed by atoms with Gasteiger partial charge in [0.25, 0.3) is 5.91 Å². The molecule has 182 valence electrons. The molecule has 0 radical (unpaired) electrons. The second-order valence-corrected chi connectivity index (χ2v) is 9.88. The standard InChI is InChI=1S/C31H36N2O2/c1-35-28-16-10-13-25(23-28)31(34)33(26-14-6-3-7-15-26)27-19-21-32(22-20-27)30-18-9-8-17-29(30)24-11-4-2-5-12-24/h2-7,10-16,23,27,29-30H,8-9,17-22H2,1H3. The van der Waals surface area contributed by atoms with Crippen LogP contribution in [0.2, 0.25) is 0 Å². The fraction of sp³-hybridized carbons (Fsp3) is 0.387. The van der Waals surface area contributed by atoms with Crippen LogP contribution in [0.25, 0.3) is 0 Å². The lowest BCUT2D eigenvalue weighted by Gasteiger charge is -2.45. The molecule has 1 aliphatic heterocycles. The van der Waals surface area contributed by atoms with Crippen LogP contribution in [0.1, 0.15) is 60.4 Å². The van der Waals surface area contributed by atoms with Gasteiger partial charge in [0.2, 0.25) is 0 Å². The van der Waals surface area contributed by atoms with Gasteiger partial charge in [-0.15, -0.1) is 0 Å².